The Kier molecular flexibility index (Phi) is 4.53. The fourth-order valence-electron chi connectivity index (χ4n) is 1.57. The fraction of sp³-hybridized carbons (Fsp3) is 0.308. The maximum atomic E-state index is 4.31. The van der Waals surface area contributed by atoms with Gasteiger partial charge in [0.15, 0.2) is 0 Å². The molecule has 0 saturated carbocycles. The van der Waals surface area contributed by atoms with Crippen molar-refractivity contribution in [3.05, 3.63) is 46.8 Å². The zero-order valence-electron chi connectivity index (χ0n) is 9.97. The highest BCUT2D eigenvalue weighted by Crippen LogP contribution is 2.08. The van der Waals surface area contributed by atoms with Crippen LogP contribution < -0.4 is 10.2 Å². The third-order valence-electron chi connectivity index (χ3n) is 2.54. The number of rotatable bonds is 6. The molecule has 0 fully saturated rings. The van der Waals surface area contributed by atoms with Gasteiger partial charge in [-0.1, -0.05) is 12.1 Å². The summed E-state index contributed by atoms with van der Waals surface area (Å²) in [6.45, 7) is 2.88. The average Bonchev–Trinajstić information content (AvgIpc) is 2.88. The molecule has 17 heavy (non-hydrogen) atoms. The molecule has 0 aliphatic heterocycles. The summed E-state index contributed by atoms with van der Waals surface area (Å²) < 4.78 is 0. The van der Waals surface area contributed by atoms with E-state index in [2.05, 4.69) is 39.8 Å². The lowest BCUT2D eigenvalue weighted by molar-refractivity contribution is 0.683. The lowest BCUT2D eigenvalue weighted by Crippen LogP contribution is -2.29. The lowest BCUT2D eigenvalue weighted by atomic mass is 10.4. The van der Waals surface area contributed by atoms with E-state index in [4.69, 9.17) is 0 Å². The molecule has 2 rings (SSSR count). The smallest absolute Gasteiger partial charge is 0.128 e. The highest BCUT2D eigenvalue weighted by molar-refractivity contribution is 7.09. The Hall–Kier alpha value is -1.39. The molecule has 0 aliphatic rings. The summed E-state index contributed by atoms with van der Waals surface area (Å²) >= 11 is 1.79. The molecule has 2 heterocycles. The van der Waals surface area contributed by atoms with Gasteiger partial charge in [-0.15, -0.1) is 11.3 Å². The molecule has 3 nitrogen and oxygen atoms in total. The molecule has 1 N–H and O–H groups in total. The molecule has 0 saturated heterocycles. The van der Waals surface area contributed by atoms with Gasteiger partial charge in [-0.2, -0.15) is 0 Å². The summed E-state index contributed by atoms with van der Waals surface area (Å²) in [5, 5.41) is 5.54. The minimum Gasteiger partial charge on any atom is -0.358 e. The van der Waals surface area contributed by atoms with Crippen molar-refractivity contribution in [1.82, 2.24) is 10.3 Å². The SMILES string of the molecule is CN(CCNCc1cccs1)c1ccccn1. The Morgan fingerprint density at radius 3 is 2.94 bits per heavy atom. The van der Waals surface area contributed by atoms with E-state index >= 15 is 0 Å². The number of hydrogen-bond acceptors (Lipinski definition) is 4. The number of anilines is 1. The standard InChI is InChI=1S/C13H17N3S/c1-16(13-6-2-3-7-15-13)9-8-14-11-12-5-4-10-17-12/h2-7,10,14H,8-9,11H2,1H3. The van der Waals surface area contributed by atoms with Crippen molar-refractivity contribution in [2.24, 2.45) is 0 Å². The molecule has 2 aromatic rings. The van der Waals surface area contributed by atoms with Gasteiger partial charge in [0.05, 0.1) is 0 Å². The van der Waals surface area contributed by atoms with Crippen LogP contribution in [0.3, 0.4) is 0 Å². The van der Waals surface area contributed by atoms with Crippen LogP contribution in [0.5, 0.6) is 0 Å². The predicted molar refractivity (Wildman–Crippen MR) is 73.5 cm³/mol. The highest BCUT2D eigenvalue weighted by atomic mass is 32.1. The van der Waals surface area contributed by atoms with Crippen molar-refractivity contribution >= 4 is 17.2 Å². The summed E-state index contributed by atoms with van der Waals surface area (Å²) in [6, 6.07) is 10.2. The zero-order valence-corrected chi connectivity index (χ0v) is 10.8. The number of aromatic nitrogens is 1. The van der Waals surface area contributed by atoms with Gasteiger partial charge < -0.3 is 10.2 Å². The molecule has 0 bridgehead atoms. The first-order valence-corrected chi connectivity index (χ1v) is 6.59. The van der Waals surface area contributed by atoms with Gasteiger partial charge in [0.1, 0.15) is 5.82 Å². The monoisotopic (exact) mass is 247 g/mol. The van der Waals surface area contributed by atoms with Crippen molar-refractivity contribution in [2.45, 2.75) is 6.54 Å². The van der Waals surface area contributed by atoms with E-state index in [1.54, 1.807) is 11.3 Å². The second-order valence-corrected chi connectivity index (χ2v) is 4.90. The number of thiophene rings is 1. The molecule has 0 spiro atoms. The number of nitrogens with one attached hydrogen (secondary N) is 1. The van der Waals surface area contributed by atoms with Crippen LogP contribution in [-0.2, 0) is 6.54 Å². The van der Waals surface area contributed by atoms with Crippen molar-refractivity contribution in [2.75, 3.05) is 25.0 Å². The van der Waals surface area contributed by atoms with Crippen LogP contribution in [0.15, 0.2) is 41.9 Å². The minimum absolute atomic E-state index is 0.952. The molecule has 4 heteroatoms. The maximum absolute atomic E-state index is 4.31. The molecule has 2 aromatic heterocycles. The fourth-order valence-corrected chi connectivity index (χ4v) is 2.24. The van der Waals surface area contributed by atoms with Gasteiger partial charge in [-0.3, -0.25) is 0 Å². The number of hydrogen-bond donors (Lipinski definition) is 1. The third kappa shape index (κ3) is 3.84. The van der Waals surface area contributed by atoms with Crippen molar-refractivity contribution in [3.63, 3.8) is 0 Å². The molecule has 0 aliphatic carbocycles. The average molecular weight is 247 g/mol. The van der Waals surface area contributed by atoms with Crippen LogP contribution in [0.1, 0.15) is 4.88 Å². The highest BCUT2D eigenvalue weighted by Gasteiger charge is 2.00. The summed E-state index contributed by atoms with van der Waals surface area (Å²) in [5.74, 6) is 1.02. The number of pyridine rings is 1. The molecular weight excluding hydrogens is 230 g/mol. The predicted octanol–water partition coefficient (Wildman–Crippen LogP) is 2.37. The topological polar surface area (TPSA) is 28.2 Å². The molecule has 0 radical (unpaired) electrons. The van der Waals surface area contributed by atoms with Crippen molar-refractivity contribution in [3.8, 4) is 0 Å². The number of likely N-dealkylation sites (N-methyl/N-ethyl adjacent to an activating group) is 1. The number of nitrogens with zero attached hydrogens (tertiary/aromatic N) is 2. The molecule has 0 aromatic carbocycles. The zero-order chi connectivity index (χ0) is 11.9. The molecule has 0 unspecified atom stereocenters. The normalized spacial score (nSPS) is 10.4. The summed E-state index contributed by atoms with van der Waals surface area (Å²) in [5.41, 5.74) is 0. The van der Waals surface area contributed by atoms with Crippen LogP contribution in [0.2, 0.25) is 0 Å². The third-order valence-corrected chi connectivity index (χ3v) is 3.42. The Bertz CT molecular complexity index is 413. The summed E-state index contributed by atoms with van der Waals surface area (Å²) in [4.78, 5) is 7.84. The second-order valence-electron chi connectivity index (χ2n) is 3.87. The van der Waals surface area contributed by atoms with Crippen molar-refractivity contribution in [1.29, 1.82) is 0 Å². The van der Waals surface area contributed by atoms with E-state index in [-0.39, 0.29) is 0 Å². The molecule has 90 valence electrons. The van der Waals surface area contributed by atoms with Gasteiger partial charge in [-0.05, 0) is 23.6 Å². The van der Waals surface area contributed by atoms with E-state index in [9.17, 15) is 0 Å². The van der Waals surface area contributed by atoms with Crippen LogP contribution in [0, 0.1) is 0 Å². The van der Waals surface area contributed by atoms with Crippen LogP contribution in [0.25, 0.3) is 0 Å². The van der Waals surface area contributed by atoms with Crippen LogP contribution in [-0.4, -0.2) is 25.1 Å². The van der Waals surface area contributed by atoms with E-state index in [0.717, 1.165) is 25.5 Å². The Balaban J connectivity index is 1.68. The van der Waals surface area contributed by atoms with E-state index in [0.29, 0.717) is 0 Å². The lowest BCUT2D eigenvalue weighted by Gasteiger charge is -2.17. The Morgan fingerprint density at radius 2 is 2.24 bits per heavy atom. The first-order valence-electron chi connectivity index (χ1n) is 5.71. The minimum atomic E-state index is 0.952. The van der Waals surface area contributed by atoms with Gasteiger partial charge in [0.25, 0.3) is 0 Å². The van der Waals surface area contributed by atoms with Crippen LogP contribution in [0.4, 0.5) is 5.82 Å². The van der Waals surface area contributed by atoms with E-state index in [1.165, 1.54) is 4.88 Å². The Labute approximate surface area is 106 Å². The summed E-state index contributed by atoms with van der Waals surface area (Å²) in [6.07, 6.45) is 1.82. The molecule has 0 atom stereocenters. The first kappa shape index (κ1) is 12.1. The quantitative estimate of drug-likeness (QED) is 0.794. The van der Waals surface area contributed by atoms with Gasteiger partial charge in [-0.25, -0.2) is 4.98 Å². The Morgan fingerprint density at radius 1 is 1.29 bits per heavy atom. The first-order chi connectivity index (χ1) is 8.36. The van der Waals surface area contributed by atoms with Gasteiger partial charge in [0.2, 0.25) is 0 Å². The second kappa shape index (κ2) is 6.37. The maximum Gasteiger partial charge on any atom is 0.128 e. The largest absolute Gasteiger partial charge is 0.358 e. The van der Waals surface area contributed by atoms with Crippen LogP contribution >= 0.6 is 11.3 Å². The molecular formula is C13H17N3S. The molecule has 0 amide bonds. The van der Waals surface area contributed by atoms with Crippen molar-refractivity contribution < 1.29 is 0 Å². The van der Waals surface area contributed by atoms with E-state index < -0.39 is 0 Å². The van der Waals surface area contributed by atoms with Gasteiger partial charge >= 0.3 is 0 Å². The van der Waals surface area contributed by atoms with Gasteiger partial charge in [0, 0.05) is 37.8 Å². The van der Waals surface area contributed by atoms with E-state index in [1.807, 2.05) is 24.4 Å². The summed E-state index contributed by atoms with van der Waals surface area (Å²) in [7, 11) is 2.06.